The van der Waals surface area contributed by atoms with Crippen LogP contribution in [0.2, 0.25) is 0 Å². The highest BCUT2D eigenvalue weighted by molar-refractivity contribution is 6.25. The van der Waals surface area contributed by atoms with Gasteiger partial charge in [0.2, 0.25) is 0 Å². The molecule has 0 unspecified atom stereocenters. The normalized spacial score (nSPS) is 11.9. The Morgan fingerprint density at radius 2 is 0.591 bits per heavy atom. The summed E-state index contributed by atoms with van der Waals surface area (Å²) in [5.74, 6) is 0. The fourth-order valence-corrected chi connectivity index (χ4v) is 10.7. The lowest BCUT2D eigenvalue weighted by atomic mass is 9.83. The van der Waals surface area contributed by atoms with Gasteiger partial charge >= 0.3 is 0 Å². The molecule has 0 spiro atoms. The summed E-state index contributed by atoms with van der Waals surface area (Å²) >= 11 is 0. The minimum Gasteiger partial charge on any atom is -0.455 e. The topological polar surface area (TPSA) is 26.3 Å². The van der Waals surface area contributed by atoms with Gasteiger partial charge in [-0.2, -0.15) is 0 Å². The Bertz CT molecular complexity index is 4210. The van der Waals surface area contributed by atoms with Gasteiger partial charge in [0.05, 0.1) is 5.56 Å². The molecule has 306 valence electrons. The molecule has 0 N–H and O–H groups in total. The summed E-state index contributed by atoms with van der Waals surface area (Å²) in [5.41, 5.74) is 14.8. The Balaban J connectivity index is 1.07. The van der Waals surface area contributed by atoms with Gasteiger partial charge < -0.3 is 8.83 Å². The summed E-state index contributed by atoms with van der Waals surface area (Å²) in [6.07, 6.45) is 0. The first-order valence-corrected chi connectivity index (χ1v) is 22.6. The number of benzene rings is 12. The van der Waals surface area contributed by atoms with E-state index in [1.807, 2.05) is 12.1 Å². The van der Waals surface area contributed by atoms with Gasteiger partial charge in [0, 0.05) is 21.5 Å². The van der Waals surface area contributed by atoms with Gasteiger partial charge in [0.15, 0.2) is 0 Å². The molecule has 0 amide bonds. The zero-order chi connectivity index (χ0) is 43.3. The van der Waals surface area contributed by atoms with Crippen molar-refractivity contribution in [3.63, 3.8) is 0 Å². The first-order chi connectivity index (χ1) is 32.7. The molecule has 12 aromatic carbocycles. The van der Waals surface area contributed by atoms with E-state index in [0.29, 0.717) is 0 Å². The molecule has 14 aromatic rings. The molecule has 0 aliphatic heterocycles. The number of para-hydroxylation sites is 2. The van der Waals surface area contributed by atoms with Gasteiger partial charge in [0.1, 0.15) is 22.3 Å². The number of furan rings is 2. The largest absolute Gasteiger partial charge is 0.455 e. The SMILES string of the molecule is c1cc(-c2ccc3ccccc3c2)cc(-c2c3ccccc3c(-c3cccc(-c4ccc5ccccc5c4)c3)c3cc(-c4c5oc6ccccc6c5cc5c4oc4ccccc45)ccc23)c1. The van der Waals surface area contributed by atoms with Crippen LogP contribution in [0.3, 0.4) is 0 Å². The third-order valence-electron chi connectivity index (χ3n) is 13.8. The lowest BCUT2D eigenvalue weighted by Gasteiger charge is -2.20. The zero-order valence-corrected chi connectivity index (χ0v) is 35.8. The van der Waals surface area contributed by atoms with Crippen molar-refractivity contribution < 1.29 is 8.83 Å². The third-order valence-corrected chi connectivity index (χ3v) is 13.8. The molecular formula is C64H38O2. The van der Waals surface area contributed by atoms with Crippen molar-refractivity contribution in [3.8, 4) is 55.6 Å². The molecular weight excluding hydrogens is 801 g/mol. The van der Waals surface area contributed by atoms with E-state index in [-0.39, 0.29) is 0 Å². The van der Waals surface area contributed by atoms with E-state index in [1.165, 1.54) is 76.6 Å². The molecule has 66 heavy (non-hydrogen) atoms. The average molecular weight is 839 g/mol. The van der Waals surface area contributed by atoms with Crippen molar-refractivity contribution in [2.45, 2.75) is 0 Å². The lowest BCUT2D eigenvalue weighted by molar-refractivity contribution is 0.658. The molecule has 0 radical (unpaired) electrons. The van der Waals surface area contributed by atoms with Crippen LogP contribution in [0, 0.1) is 0 Å². The van der Waals surface area contributed by atoms with Crippen molar-refractivity contribution in [1.82, 2.24) is 0 Å². The van der Waals surface area contributed by atoms with Crippen LogP contribution in [0.1, 0.15) is 0 Å². The van der Waals surface area contributed by atoms with E-state index >= 15 is 0 Å². The number of fused-ring (bicyclic) bond motifs is 10. The number of hydrogen-bond acceptors (Lipinski definition) is 2. The van der Waals surface area contributed by atoms with Crippen molar-refractivity contribution in [3.05, 3.63) is 231 Å². The van der Waals surface area contributed by atoms with E-state index in [1.54, 1.807) is 0 Å². The van der Waals surface area contributed by atoms with Gasteiger partial charge in [-0.1, -0.05) is 182 Å². The summed E-state index contributed by atoms with van der Waals surface area (Å²) in [6.45, 7) is 0. The molecule has 0 atom stereocenters. The Labute approximate surface area is 380 Å². The molecule has 0 fully saturated rings. The second-order valence-corrected chi connectivity index (χ2v) is 17.5. The summed E-state index contributed by atoms with van der Waals surface area (Å²) in [5, 5.41) is 14.0. The third kappa shape index (κ3) is 5.68. The number of hydrogen-bond donors (Lipinski definition) is 0. The van der Waals surface area contributed by atoms with Crippen molar-refractivity contribution >= 4 is 87.0 Å². The Morgan fingerprint density at radius 1 is 0.197 bits per heavy atom. The van der Waals surface area contributed by atoms with E-state index in [9.17, 15) is 0 Å². The predicted octanol–water partition coefficient (Wildman–Crippen LogP) is 18.4. The maximum atomic E-state index is 6.85. The Morgan fingerprint density at radius 3 is 1.14 bits per heavy atom. The molecule has 0 saturated carbocycles. The van der Waals surface area contributed by atoms with Crippen LogP contribution in [0.25, 0.3) is 143 Å². The lowest BCUT2D eigenvalue weighted by Crippen LogP contribution is -1.93. The predicted molar refractivity (Wildman–Crippen MR) is 278 cm³/mol. The Kier molecular flexibility index (Phi) is 8.02. The maximum absolute atomic E-state index is 6.85. The van der Waals surface area contributed by atoms with E-state index in [2.05, 4.69) is 218 Å². The van der Waals surface area contributed by atoms with Gasteiger partial charge in [-0.15, -0.1) is 0 Å². The van der Waals surface area contributed by atoms with Crippen molar-refractivity contribution in [1.29, 1.82) is 0 Å². The van der Waals surface area contributed by atoms with Crippen molar-refractivity contribution in [2.75, 3.05) is 0 Å². The number of rotatable bonds is 5. The molecule has 0 bridgehead atoms. The molecule has 2 heterocycles. The first-order valence-electron chi connectivity index (χ1n) is 22.6. The fourth-order valence-electron chi connectivity index (χ4n) is 10.7. The maximum Gasteiger partial charge on any atom is 0.147 e. The van der Waals surface area contributed by atoms with Gasteiger partial charge in [-0.3, -0.25) is 0 Å². The standard InChI is InChI=1S/C64H38O2/c1-3-15-41-33-45(29-27-39(41)13-1)43-17-11-19-47(35-43)60-52-23-5-6-24-53(52)61(48-20-12-18-44(36-48)46-30-28-40-14-2-4-16-42(40)34-46)55-37-49(31-32-54(55)60)62-63-56(50-21-7-9-25-58(50)65-63)38-57-51-22-8-10-26-59(51)66-64(57)62/h1-38H. The van der Waals surface area contributed by atoms with Gasteiger partial charge in [0.25, 0.3) is 0 Å². The van der Waals surface area contributed by atoms with Crippen LogP contribution in [0.4, 0.5) is 0 Å². The van der Waals surface area contributed by atoms with Gasteiger partial charge in [-0.25, -0.2) is 0 Å². The molecule has 0 aliphatic rings. The van der Waals surface area contributed by atoms with E-state index in [4.69, 9.17) is 8.83 Å². The van der Waals surface area contributed by atoms with Crippen LogP contribution in [-0.4, -0.2) is 0 Å². The molecule has 0 saturated heterocycles. The monoisotopic (exact) mass is 838 g/mol. The molecule has 14 rings (SSSR count). The second kappa shape index (κ2) is 14.4. The van der Waals surface area contributed by atoms with Crippen LogP contribution in [0.15, 0.2) is 239 Å². The molecule has 2 heteroatoms. The van der Waals surface area contributed by atoms with Gasteiger partial charge in [-0.05, 0) is 142 Å². The minimum atomic E-state index is 0.825. The van der Waals surface area contributed by atoms with Crippen LogP contribution in [-0.2, 0) is 0 Å². The summed E-state index contributed by atoms with van der Waals surface area (Å²) in [7, 11) is 0. The summed E-state index contributed by atoms with van der Waals surface area (Å²) < 4.78 is 13.7. The molecule has 0 aliphatic carbocycles. The highest BCUT2D eigenvalue weighted by Gasteiger charge is 2.24. The zero-order valence-electron chi connectivity index (χ0n) is 35.8. The summed E-state index contributed by atoms with van der Waals surface area (Å²) in [4.78, 5) is 0. The highest BCUT2D eigenvalue weighted by atomic mass is 16.3. The quantitative estimate of drug-likeness (QED) is 0.161. The van der Waals surface area contributed by atoms with Crippen molar-refractivity contribution in [2.24, 2.45) is 0 Å². The van der Waals surface area contributed by atoms with Crippen LogP contribution >= 0.6 is 0 Å². The average Bonchev–Trinajstić information content (AvgIpc) is 3.95. The molecule has 2 nitrogen and oxygen atoms in total. The first kappa shape index (κ1) is 36.7. The van der Waals surface area contributed by atoms with Crippen LogP contribution in [0.5, 0.6) is 0 Å². The second-order valence-electron chi connectivity index (χ2n) is 17.5. The highest BCUT2D eigenvalue weighted by Crippen LogP contribution is 2.49. The van der Waals surface area contributed by atoms with E-state index < -0.39 is 0 Å². The summed E-state index contributed by atoms with van der Waals surface area (Å²) in [6, 6.07) is 83.8. The fraction of sp³-hybridized carbons (Fsp3) is 0. The smallest absolute Gasteiger partial charge is 0.147 e. The van der Waals surface area contributed by atoms with E-state index in [0.717, 1.165) is 66.0 Å². The Hall–Kier alpha value is -8.72. The van der Waals surface area contributed by atoms with Crippen LogP contribution < -0.4 is 0 Å². The minimum absolute atomic E-state index is 0.825. The molecule has 2 aromatic heterocycles.